The fourth-order valence-electron chi connectivity index (χ4n) is 1.73. The Labute approximate surface area is 106 Å². The molecule has 0 aromatic rings. The van der Waals surface area contributed by atoms with Crippen LogP contribution in [0, 0.1) is 0 Å². The first kappa shape index (κ1) is 14.6. The van der Waals surface area contributed by atoms with Gasteiger partial charge < -0.3 is 14.6 Å². The van der Waals surface area contributed by atoms with E-state index in [1.165, 1.54) is 4.90 Å². The van der Waals surface area contributed by atoms with Crippen LogP contribution in [0.3, 0.4) is 0 Å². The van der Waals surface area contributed by atoms with Crippen LogP contribution < -0.4 is 4.72 Å². The topological polar surface area (TPSA) is 75.6 Å². The molecule has 17 heavy (non-hydrogen) atoms. The fourth-order valence-corrected chi connectivity index (χ4v) is 2.63. The van der Waals surface area contributed by atoms with E-state index in [1.807, 2.05) is 20.8 Å². The van der Waals surface area contributed by atoms with Gasteiger partial charge in [0.1, 0.15) is 4.75 Å². The van der Waals surface area contributed by atoms with Gasteiger partial charge in [0.05, 0.1) is 6.04 Å². The normalized spacial score (nSPS) is 24.2. The lowest BCUT2D eigenvalue weighted by Gasteiger charge is -2.27. The van der Waals surface area contributed by atoms with Crippen molar-refractivity contribution in [2.24, 2.45) is 0 Å². The van der Waals surface area contributed by atoms with Crippen molar-refractivity contribution in [1.82, 2.24) is 9.62 Å². The van der Waals surface area contributed by atoms with Gasteiger partial charge in [-0.3, -0.25) is 0 Å². The molecular weight excluding hydrogens is 240 g/mol. The lowest BCUT2D eigenvalue weighted by atomic mass is 10.1. The molecule has 100 valence electrons. The third-order valence-corrected chi connectivity index (χ3v) is 4.49. The van der Waals surface area contributed by atoms with Crippen LogP contribution in [0.2, 0.25) is 0 Å². The summed E-state index contributed by atoms with van der Waals surface area (Å²) in [4.78, 5) is 12.3. The first-order valence-electron chi connectivity index (χ1n) is 5.96. The average Bonchev–Trinajstić information content (AvgIpc) is 2.41. The molecule has 0 aromatic heterocycles. The minimum atomic E-state index is -1.08. The van der Waals surface area contributed by atoms with Gasteiger partial charge in [0.2, 0.25) is 0 Å². The highest BCUT2D eigenvalue weighted by molar-refractivity contribution is 7.90. The summed E-state index contributed by atoms with van der Waals surface area (Å²) in [6.07, 6.45) is 1.58. The second-order valence-corrected chi connectivity index (χ2v) is 7.39. The van der Waals surface area contributed by atoms with Crippen molar-refractivity contribution in [3.05, 3.63) is 0 Å². The van der Waals surface area contributed by atoms with Crippen molar-refractivity contribution in [3.63, 3.8) is 0 Å². The molecule has 1 rings (SSSR count). The van der Waals surface area contributed by atoms with Gasteiger partial charge in [-0.25, -0.2) is 4.79 Å². The number of amides is 1. The minimum Gasteiger partial charge on any atom is -0.598 e. The van der Waals surface area contributed by atoms with Crippen LogP contribution in [0.15, 0.2) is 0 Å². The lowest BCUT2D eigenvalue weighted by Crippen LogP contribution is -2.45. The summed E-state index contributed by atoms with van der Waals surface area (Å²) in [6.45, 7) is 6.88. The molecule has 0 saturated carbocycles. The molecule has 1 aliphatic rings. The average molecular weight is 262 g/mol. The Morgan fingerprint density at radius 2 is 2.06 bits per heavy atom. The van der Waals surface area contributed by atoms with Gasteiger partial charge in [-0.1, -0.05) is 0 Å². The third-order valence-electron chi connectivity index (χ3n) is 2.83. The van der Waals surface area contributed by atoms with Crippen LogP contribution in [-0.4, -0.2) is 44.5 Å². The summed E-state index contributed by atoms with van der Waals surface area (Å²) in [6, 6.07) is 0.152. The van der Waals surface area contributed by atoms with Gasteiger partial charge in [-0.15, -0.1) is 4.72 Å². The zero-order valence-electron chi connectivity index (χ0n) is 10.7. The van der Waals surface area contributed by atoms with Crippen molar-refractivity contribution in [2.75, 3.05) is 13.1 Å². The Kier molecular flexibility index (Phi) is 5.09. The smallest absolute Gasteiger partial charge is 0.407 e. The molecule has 2 N–H and O–H groups in total. The second kappa shape index (κ2) is 5.93. The predicted molar refractivity (Wildman–Crippen MR) is 68.3 cm³/mol. The van der Waals surface area contributed by atoms with E-state index in [0.29, 0.717) is 13.1 Å². The molecule has 2 atom stereocenters. The highest BCUT2D eigenvalue weighted by Crippen LogP contribution is 2.18. The summed E-state index contributed by atoms with van der Waals surface area (Å²) in [5.41, 5.74) is 0. The summed E-state index contributed by atoms with van der Waals surface area (Å²) in [7, 11) is 0. The highest BCUT2D eigenvalue weighted by Gasteiger charge is 2.30. The summed E-state index contributed by atoms with van der Waals surface area (Å²) in [5, 5.41) is 8.91. The van der Waals surface area contributed by atoms with Crippen LogP contribution in [0.5, 0.6) is 0 Å². The van der Waals surface area contributed by atoms with E-state index < -0.39 is 17.5 Å². The molecule has 5 nitrogen and oxygen atoms in total. The molecule has 0 radical (unpaired) electrons. The number of hydrogen-bond acceptors (Lipinski definition) is 3. The summed E-state index contributed by atoms with van der Waals surface area (Å²) in [5.74, 6) is 0. The van der Waals surface area contributed by atoms with Crippen LogP contribution in [0.1, 0.15) is 40.0 Å². The monoisotopic (exact) mass is 262 g/mol. The van der Waals surface area contributed by atoms with Gasteiger partial charge in [0, 0.05) is 24.5 Å². The Morgan fingerprint density at radius 3 is 2.59 bits per heavy atom. The molecule has 1 heterocycles. The molecule has 6 heteroatoms. The summed E-state index contributed by atoms with van der Waals surface area (Å²) < 4.78 is 14.8. The molecular formula is C11H22N2O3S. The molecule has 0 aliphatic carbocycles. The maximum Gasteiger partial charge on any atom is 0.407 e. The highest BCUT2D eigenvalue weighted by atomic mass is 32.2. The molecule has 0 unspecified atom stereocenters. The first-order valence-corrected chi connectivity index (χ1v) is 7.11. The molecule has 1 aliphatic heterocycles. The van der Waals surface area contributed by atoms with Gasteiger partial charge in [-0.05, 0) is 40.0 Å². The maximum atomic E-state index is 11.9. The SMILES string of the molecule is CC(C)(C)[S@@+]([O-])N[C@@H]1CCCN(C(=O)O)CC1. The predicted octanol–water partition coefficient (Wildman–Crippen LogP) is 1.57. The zero-order valence-corrected chi connectivity index (χ0v) is 11.5. The maximum absolute atomic E-state index is 11.9. The molecule has 0 bridgehead atoms. The fraction of sp³-hybridized carbons (Fsp3) is 0.909. The van der Waals surface area contributed by atoms with Gasteiger partial charge in [0.15, 0.2) is 0 Å². The number of nitrogens with one attached hydrogen (secondary N) is 1. The van der Waals surface area contributed by atoms with E-state index in [4.69, 9.17) is 5.11 Å². The van der Waals surface area contributed by atoms with Crippen LogP contribution in [0.25, 0.3) is 0 Å². The first-order chi connectivity index (χ1) is 7.80. The standard InChI is InChI=1S/C11H22N2O3S/c1-11(2,3)17(16)12-9-5-4-7-13(8-6-9)10(14)15/h9,12H,4-8H2,1-3H3,(H,14,15)/t9-,17-/m1/s1. The molecule has 1 saturated heterocycles. The number of rotatable bonds is 2. The number of carbonyl (C=O) groups is 1. The van der Waals surface area contributed by atoms with E-state index in [9.17, 15) is 9.35 Å². The number of hydrogen-bond donors (Lipinski definition) is 2. The van der Waals surface area contributed by atoms with E-state index in [1.54, 1.807) is 0 Å². The van der Waals surface area contributed by atoms with Crippen LogP contribution >= 0.6 is 0 Å². The number of nitrogens with zero attached hydrogens (tertiary/aromatic N) is 1. The summed E-state index contributed by atoms with van der Waals surface area (Å²) >= 11 is -1.08. The van der Waals surface area contributed by atoms with E-state index in [0.717, 1.165) is 19.3 Å². The van der Waals surface area contributed by atoms with E-state index in [-0.39, 0.29) is 10.8 Å². The molecule has 1 amide bonds. The zero-order chi connectivity index (χ0) is 13.1. The Bertz CT molecular complexity index is 268. The van der Waals surface area contributed by atoms with Crippen molar-refractivity contribution < 1.29 is 14.5 Å². The Morgan fingerprint density at radius 1 is 1.41 bits per heavy atom. The molecule has 0 spiro atoms. The second-order valence-electron chi connectivity index (χ2n) is 5.40. The quantitative estimate of drug-likeness (QED) is 0.741. The lowest BCUT2D eigenvalue weighted by molar-refractivity contribution is 0.147. The molecule has 1 fully saturated rings. The van der Waals surface area contributed by atoms with Gasteiger partial charge in [0.25, 0.3) is 0 Å². The van der Waals surface area contributed by atoms with Crippen molar-refractivity contribution in [3.8, 4) is 0 Å². The van der Waals surface area contributed by atoms with Crippen LogP contribution in [0.4, 0.5) is 4.79 Å². The van der Waals surface area contributed by atoms with Crippen molar-refractivity contribution in [2.45, 2.75) is 50.8 Å². The van der Waals surface area contributed by atoms with Crippen LogP contribution in [-0.2, 0) is 11.4 Å². The van der Waals surface area contributed by atoms with Gasteiger partial charge in [-0.2, -0.15) is 0 Å². The van der Waals surface area contributed by atoms with Crippen molar-refractivity contribution >= 4 is 17.5 Å². The number of carboxylic acid groups (broad SMARTS) is 1. The largest absolute Gasteiger partial charge is 0.598 e. The van der Waals surface area contributed by atoms with Gasteiger partial charge >= 0.3 is 6.09 Å². The van der Waals surface area contributed by atoms with Crippen molar-refractivity contribution in [1.29, 1.82) is 0 Å². The number of likely N-dealkylation sites (tertiary alicyclic amines) is 1. The third kappa shape index (κ3) is 4.73. The molecule has 0 aromatic carbocycles. The Hall–Kier alpha value is -0.460. The van der Waals surface area contributed by atoms with E-state index in [2.05, 4.69) is 4.72 Å². The Balaban J connectivity index is 2.44. The van der Waals surface area contributed by atoms with E-state index >= 15 is 0 Å². The minimum absolute atomic E-state index is 0.152.